The maximum atomic E-state index is 13.9. The number of hydrogen-bond acceptors (Lipinski definition) is 9. The molecule has 0 aliphatic carbocycles. The number of Topliss-reactive ketones (excluding diaryl/α,β-unsaturated/α-hetero) is 1. The van der Waals surface area contributed by atoms with E-state index in [1.54, 1.807) is 12.1 Å². The van der Waals surface area contributed by atoms with Crippen molar-refractivity contribution < 1.29 is 38.7 Å². The predicted molar refractivity (Wildman–Crippen MR) is 153 cm³/mol. The van der Waals surface area contributed by atoms with Crippen molar-refractivity contribution in [3.63, 3.8) is 0 Å². The summed E-state index contributed by atoms with van der Waals surface area (Å²) >= 11 is 0. The van der Waals surface area contributed by atoms with Gasteiger partial charge in [-0.25, -0.2) is 0 Å². The molecule has 0 spiro atoms. The Balaban J connectivity index is 1.69. The lowest BCUT2D eigenvalue weighted by Crippen LogP contribution is -2.55. The third-order valence-corrected chi connectivity index (χ3v) is 6.74. The number of aromatic amines is 1. The molecule has 1 aliphatic rings. The molecule has 1 aromatic heterocycles. The molecular weight excluding hydrogens is 562 g/mol. The molecule has 2 aromatic carbocycles. The van der Waals surface area contributed by atoms with Gasteiger partial charge in [-0.15, -0.1) is 0 Å². The highest BCUT2D eigenvalue weighted by Crippen LogP contribution is 2.33. The standard InChI is InChI=1S/C29H27N5O9/c1-16(38)8-18(14-36)31-25(39)12-34-24-5-3-2-4-23(24)33(26(40)15-37)11-22(29(34)43)32-28(42)20-10-30-21-9-17(13-35)6-7-19(21)27(20)41/h2-7,9-10,13-14,18,22,37H,8,11-12,15H2,1H3,(H,30,41)(H,31,39)(H,32,42)/t18-,22-/m0/s1. The molecule has 3 aromatic rings. The number of nitrogens with one attached hydrogen (secondary N) is 3. The number of amides is 4. The average molecular weight is 590 g/mol. The summed E-state index contributed by atoms with van der Waals surface area (Å²) in [6.45, 7) is -0.779. The second kappa shape index (κ2) is 13.0. The Labute approximate surface area is 243 Å². The Kier molecular flexibility index (Phi) is 9.20. The fourth-order valence-electron chi connectivity index (χ4n) is 4.74. The number of aliphatic hydroxyl groups excluding tert-OH is 1. The zero-order chi connectivity index (χ0) is 31.3. The van der Waals surface area contributed by atoms with Gasteiger partial charge in [0.05, 0.1) is 29.5 Å². The zero-order valence-electron chi connectivity index (χ0n) is 22.9. The molecule has 2 heterocycles. The number of ketones is 1. The topological polar surface area (TPSA) is 203 Å². The molecule has 0 saturated carbocycles. The minimum atomic E-state index is -1.49. The Morgan fingerprint density at radius 1 is 1.09 bits per heavy atom. The van der Waals surface area contributed by atoms with Crippen molar-refractivity contribution in [1.29, 1.82) is 0 Å². The van der Waals surface area contributed by atoms with Crippen LogP contribution in [-0.4, -0.2) is 83.9 Å². The first kappa shape index (κ1) is 30.5. The van der Waals surface area contributed by atoms with Crippen LogP contribution in [0.15, 0.2) is 53.5 Å². The van der Waals surface area contributed by atoms with Crippen LogP contribution < -0.4 is 25.9 Å². The van der Waals surface area contributed by atoms with E-state index in [0.29, 0.717) is 23.7 Å². The van der Waals surface area contributed by atoms with Crippen LogP contribution in [0.4, 0.5) is 11.4 Å². The summed E-state index contributed by atoms with van der Waals surface area (Å²) in [5, 5.41) is 14.6. The smallest absolute Gasteiger partial charge is 0.257 e. The summed E-state index contributed by atoms with van der Waals surface area (Å²) in [6.07, 6.45) is 1.86. The lowest BCUT2D eigenvalue weighted by Gasteiger charge is -2.25. The number of pyridine rings is 1. The summed E-state index contributed by atoms with van der Waals surface area (Å²) in [5.41, 5.74) is -0.166. The van der Waals surface area contributed by atoms with Crippen LogP contribution >= 0.6 is 0 Å². The molecule has 0 radical (unpaired) electrons. The molecule has 4 N–H and O–H groups in total. The molecule has 0 saturated heterocycles. The van der Waals surface area contributed by atoms with E-state index >= 15 is 0 Å². The third-order valence-electron chi connectivity index (χ3n) is 6.74. The maximum absolute atomic E-state index is 13.9. The van der Waals surface area contributed by atoms with Gasteiger partial charge >= 0.3 is 0 Å². The molecule has 4 rings (SSSR count). The van der Waals surface area contributed by atoms with Crippen LogP contribution in [0.25, 0.3) is 10.9 Å². The van der Waals surface area contributed by atoms with Crippen LogP contribution in [0.1, 0.15) is 34.1 Å². The summed E-state index contributed by atoms with van der Waals surface area (Å²) in [4.78, 5) is 105. The minimum absolute atomic E-state index is 0.102. The number of anilines is 2. The molecule has 4 amide bonds. The van der Waals surface area contributed by atoms with Gasteiger partial charge in [0.2, 0.25) is 11.3 Å². The van der Waals surface area contributed by atoms with Crippen molar-refractivity contribution in [3.05, 3.63) is 70.0 Å². The van der Waals surface area contributed by atoms with Crippen molar-refractivity contribution in [2.24, 2.45) is 0 Å². The van der Waals surface area contributed by atoms with E-state index in [1.165, 1.54) is 37.3 Å². The molecule has 0 bridgehead atoms. The number of hydrogen-bond donors (Lipinski definition) is 4. The first-order valence-electron chi connectivity index (χ1n) is 13.0. The van der Waals surface area contributed by atoms with Gasteiger partial charge in [0.15, 0.2) is 0 Å². The van der Waals surface area contributed by atoms with Crippen molar-refractivity contribution in [2.45, 2.75) is 25.4 Å². The summed E-state index contributed by atoms with van der Waals surface area (Å²) in [7, 11) is 0. The molecular formula is C29H27N5O9. The van der Waals surface area contributed by atoms with Crippen LogP contribution in [0, 0.1) is 0 Å². The molecule has 0 unspecified atom stereocenters. The molecule has 2 atom stereocenters. The first-order valence-corrected chi connectivity index (χ1v) is 13.0. The Morgan fingerprint density at radius 2 is 1.81 bits per heavy atom. The number of carbonyl (C=O) groups excluding carboxylic acids is 7. The van der Waals surface area contributed by atoms with Crippen LogP contribution in [0.2, 0.25) is 0 Å². The Hall–Kier alpha value is -5.50. The molecule has 14 heteroatoms. The fraction of sp³-hybridized carbons (Fsp3) is 0.241. The van der Waals surface area contributed by atoms with Gasteiger partial charge in [0.1, 0.15) is 43.1 Å². The van der Waals surface area contributed by atoms with E-state index in [9.17, 15) is 43.5 Å². The summed E-state index contributed by atoms with van der Waals surface area (Å²) in [5.74, 6) is -3.74. The number of carbonyl (C=O) groups is 7. The zero-order valence-corrected chi connectivity index (χ0v) is 22.9. The summed E-state index contributed by atoms with van der Waals surface area (Å²) in [6, 6.07) is 7.65. The van der Waals surface area contributed by atoms with Gasteiger partial charge in [-0.2, -0.15) is 0 Å². The van der Waals surface area contributed by atoms with Crippen LogP contribution in [0.3, 0.4) is 0 Å². The largest absolute Gasteiger partial charge is 0.387 e. The number of aliphatic hydroxyl groups is 1. The van der Waals surface area contributed by atoms with Gasteiger partial charge in [0.25, 0.3) is 17.7 Å². The van der Waals surface area contributed by atoms with Gasteiger partial charge in [-0.1, -0.05) is 18.2 Å². The molecule has 222 valence electrons. The van der Waals surface area contributed by atoms with E-state index in [1.807, 2.05) is 0 Å². The van der Waals surface area contributed by atoms with Crippen molar-refractivity contribution >= 4 is 64.3 Å². The number of H-pyrrole nitrogens is 1. The number of aromatic nitrogens is 1. The minimum Gasteiger partial charge on any atom is -0.387 e. The highest BCUT2D eigenvalue weighted by Gasteiger charge is 2.38. The number of nitrogens with zero attached hydrogens (tertiary/aromatic N) is 2. The Bertz CT molecular complexity index is 1700. The van der Waals surface area contributed by atoms with Gasteiger partial charge in [-0.3, -0.25) is 38.5 Å². The number of aldehydes is 2. The van der Waals surface area contributed by atoms with Gasteiger partial charge < -0.3 is 30.4 Å². The van der Waals surface area contributed by atoms with Gasteiger partial charge in [0, 0.05) is 23.6 Å². The molecule has 0 fully saturated rings. The van der Waals surface area contributed by atoms with E-state index in [2.05, 4.69) is 15.6 Å². The number of rotatable bonds is 10. The predicted octanol–water partition coefficient (Wildman–Crippen LogP) is -0.526. The van der Waals surface area contributed by atoms with Crippen molar-refractivity contribution in [1.82, 2.24) is 15.6 Å². The molecule has 1 aliphatic heterocycles. The number of para-hydroxylation sites is 2. The first-order chi connectivity index (χ1) is 20.6. The van der Waals surface area contributed by atoms with E-state index in [-0.39, 0.29) is 34.5 Å². The van der Waals surface area contributed by atoms with E-state index in [0.717, 1.165) is 16.0 Å². The van der Waals surface area contributed by atoms with E-state index < -0.39 is 60.8 Å². The second-order valence-electron chi connectivity index (χ2n) is 9.77. The molecule has 43 heavy (non-hydrogen) atoms. The monoisotopic (exact) mass is 589 g/mol. The van der Waals surface area contributed by atoms with Crippen LogP contribution in [-0.2, 0) is 24.0 Å². The van der Waals surface area contributed by atoms with E-state index in [4.69, 9.17) is 0 Å². The average Bonchev–Trinajstić information content (AvgIpc) is 3.10. The highest BCUT2D eigenvalue weighted by atomic mass is 16.3. The maximum Gasteiger partial charge on any atom is 0.257 e. The fourth-order valence-corrected chi connectivity index (χ4v) is 4.74. The summed E-state index contributed by atoms with van der Waals surface area (Å²) < 4.78 is 0. The van der Waals surface area contributed by atoms with Crippen molar-refractivity contribution in [3.8, 4) is 0 Å². The molecule has 14 nitrogen and oxygen atoms in total. The quantitative estimate of drug-likeness (QED) is 0.224. The van der Waals surface area contributed by atoms with Crippen LogP contribution in [0.5, 0.6) is 0 Å². The SMILES string of the molecule is CC(=O)C[C@@H](C=O)NC(=O)CN1C(=O)[C@@H](NC(=O)c2c[nH]c3cc(C=O)ccc3c2=O)CN(C(=O)CO)c2ccccc21. The third kappa shape index (κ3) is 6.54. The Morgan fingerprint density at radius 3 is 2.47 bits per heavy atom. The van der Waals surface area contributed by atoms with Crippen molar-refractivity contribution in [2.75, 3.05) is 29.5 Å². The lowest BCUT2D eigenvalue weighted by atomic mass is 10.1. The highest BCUT2D eigenvalue weighted by molar-refractivity contribution is 6.11. The number of benzene rings is 2. The number of fused-ring (bicyclic) bond motifs is 2. The van der Waals surface area contributed by atoms with Gasteiger partial charge in [-0.05, 0) is 31.2 Å². The normalized spacial score (nSPS) is 15.2. The second-order valence-corrected chi connectivity index (χ2v) is 9.77. The lowest BCUT2D eigenvalue weighted by molar-refractivity contribution is -0.127.